The molecule has 2 aliphatic rings. The van der Waals surface area contributed by atoms with Crippen LogP contribution in [0, 0.1) is 5.92 Å². The lowest BCUT2D eigenvalue weighted by atomic mass is 9.96. The summed E-state index contributed by atoms with van der Waals surface area (Å²) in [6.07, 6.45) is 0.660. The third kappa shape index (κ3) is 4.52. The van der Waals surface area contributed by atoms with E-state index in [-0.39, 0.29) is 5.92 Å². The number of hydrogen-bond acceptors (Lipinski definition) is 3. The van der Waals surface area contributed by atoms with Gasteiger partial charge in [-0.15, -0.1) is 11.8 Å². The Bertz CT molecular complexity index is 924. The lowest BCUT2D eigenvalue weighted by Crippen LogP contribution is -2.22. The number of rotatable bonds is 5. The van der Waals surface area contributed by atoms with Crippen LogP contribution in [-0.2, 0) is 10.9 Å². The number of nitrogens with one attached hydrogen (secondary N) is 1. The minimum absolute atomic E-state index is 0.168. The van der Waals surface area contributed by atoms with Crippen LogP contribution < -0.4 is 5.56 Å². The van der Waals surface area contributed by atoms with Crippen molar-refractivity contribution >= 4 is 17.3 Å². The Morgan fingerprint density at radius 1 is 1.11 bits per heavy atom. The van der Waals surface area contributed by atoms with Crippen LogP contribution in [0.15, 0.2) is 52.2 Å². The van der Waals surface area contributed by atoms with Gasteiger partial charge in [0.1, 0.15) is 5.56 Å². The number of hydrogen-bond donors (Lipinski definition) is 1. The van der Waals surface area contributed by atoms with Crippen molar-refractivity contribution < 1.29 is 17.9 Å². The molecule has 0 bridgehead atoms. The standard InChI is InChI=1S/C21H20F3NO2S/c22-21(23,24)18-7-8-19(25-20(18)26)17(11-13-9-10-27-12-13)14-1-3-15(4-2-14)28-16-5-6-16/h1-4,7-8,11,13,16H,5-6,9-10,12H2,(H,25,26)/b17-11+. The van der Waals surface area contributed by atoms with E-state index in [1.165, 1.54) is 23.8 Å². The summed E-state index contributed by atoms with van der Waals surface area (Å²) in [6.45, 7) is 1.24. The van der Waals surface area contributed by atoms with Crippen LogP contribution in [0.3, 0.4) is 0 Å². The summed E-state index contributed by atoms with van der Waals surface area (Å²) >= 11 is 1.84. The van der Waals surface area contributed by atoms with Gasteiger partial charge in [-0.05, 0) is 49.1 Å². The maximum absolute atomic E-state index is 12.9. The van der Waals surface area contributed by atoms with Gasteiger partial charge in [-0.25, -0.2) is 0 Å². The van der Waals surface area contributed by atoms with Gasteiger partial charge >= 0.3 is 6.18 Å². The molecule has 1 aliphatic heterocycles. The van der Waals surface area contributed by atoms with Gasteiger partial charge in [0.15, 0.2) is 0 Å². The van der Waals surface area contributed by atoms with Crippen LogP contribution in [-0.4, -0.2) is 23.4 Å². The van der Waals surface area contributed by atoms with Gasteiger partial charge in [0.2, 0.25) is 0 Å². The first-order valence-electron chi connectivity index (χ1n) is 9.28. The molecule has 1 aliphatic carbocycles. The van der Waals surface area contributed by atoms with E-state index < -0.39 is 17.3 Å². The fraction of sp³-hybridized carbons (Fsp3) is 0.381. The number of alkyl halides is 3. The summed E-state index contributed by atoms with van der Waals surface area (Å²) < 4.78 is 44.2. The first kappa shape index (κ1) is 19.3. The molecule has 0 amide bonds. The second kappa shape index (κ2) is 7.79. The lowest BCUT2D eigenvalue weighted by Gasteiger charge is -2.13. The van der Waals surface area contributed by atoms with Gasteiger partial charge in [0, 0.05) is 33.9 Å². The normalized spacial score (nSPS) is 20.5. The molecule has 7 heteroatoms. The highest BCUT2D eigenvalue weighted by Gasteiger charge is 2.34. The predicted octanol–water partition coefficient (Wildman–Crippen LogP) is 5.12. The molecule has 1 saturated carbocycles. The molecule has 2 aromatic rings. The number of halogens is 3. The molecule has 1 N–H and O–H groups in total. The molecule has 2 fully saturated rings. The van der Waals surface area contributed by atoms with Crippen molar-refractivity contribution in [2.24, 2.45) is 5.92 Å². The van der Waals surface area contributed by atoms with Crippen LogP contribution in [0.1, 0.15) is 36.1 Å². The van der Waals surface area contributed by atoms with Crippen molar-refractivity contribution in [1.29, 1.82) is 0 Å². The van der Waals surface area contributed by atoms with Crippen LogP contribution in [0.2, 0.25) is 0 Å². The van der Waals surface area contributed by atoms with E-state index >= 15 is 0 Å². The number of H-pyrrole nitrogens is 1. The molecule has 3 nitrogen and oxygen atoms in total. The second-order valence-corrected chi connectivity index (χ2v) is 8.53. The molecule has 148 valence electrons. The van der Waals surface area contributed by atoms with Crippen molar-refractivity contribution in [2.75, 3.05) is 13.2 Å². The van der Waals surface area contributed by atoms with Crippen molar-refractivity contribution in [2.45, 2.75) is 35.6 Å². The van der Waals surface area contributed by atoms with Crippen LogP contribution >= 0.6 is 11.8 Å². The summed E-state index contributed by atoms with van der Waals surface area (Å²) in [4.78, 5) is 15.6. The SMILES string of the molecule is O=c1[nH]c(/C(=C/C2CCOC2)c2ccc(SC3CC3)cc2)ccc1C(F)(F)F. The topological polar surface area (TPSA) is 42.1 Å². The maximum atomic E-state index is 12.9. The summed E-state index contributed by atoms with van der Waals surface area (Å²) in [6, 6.07) is 10.2. The second-order valence-electron chi connectivity index (χ2n) is 7.16. The number of benzene rings is 1. The minimum atomic E-state index is -4.67. The molecule has 28 heavy (non-hydrogen) atoms. The smallest absolute Gasteiger partial charge is 0.381 e. The van der Waals surface area contributed by atoms with Gasteiger partial charge in [-0.1, -0.05) is 18.2 Å². The Morgan fingerprint density at radius 2 is 1.86 bits per heavy atom. The largest absolute Gasteiger partial charge is 0.421 e. The Labute approximate surface area is 165 Å². The van der Waals surface area contributed by atoms with Crippen molar-refractivity contribution in [3.63, 3.8) is 0 Å². The van der Waals surface area contributed by atoms with Crippen LogP contribution in [0.5, 0.6) is 0 Å². The molecule has 2 heterocycles. The van der Waals surface area contributed by atoms with E-state index in [2.05, 4.69) is 4.98 Å². The van der Waals surface area contributed by atoms with E-state index in [9.17, 15) is 18.0 Å². The van der Waals surface area contributed by atoms with Crippen LogP contribution in [0.25, 0.3) is 5.57 Å². The first-order chi connectivity index (χ1) is 13.4. The maximum Gasteiger partial charge on any atom is 0.421 e. The highest BCUT2D eigenvalue weighted by Crippen LogP contribution is 2.39. The average molecular weight is 407 g/mol. The number of pyridine rings is 1. The molecule has 1 saturated heterocycles. The molecule has 1 atom stereocenters. The van der Waals surface area contributed by atoms with Crippen LogP contribution in [0.4, 0.5) is 13.2 Å². The number of aromatic amines is 1. The summed E-state index contributed by atoms with van der Waals surface area (Å²) in [5.41, 5.74) is -0.338. The number of ether oxygens (including phenoxy) is 1. The Kier molecular flexibility index (Phi) is 5.38. The van der Waals surface area contributed by atoms with E-state index in [4.69, 9.17) is 4.74 Å². The molecular formula is C21H20F3NO2S. The van der Waals surface area contributed by atoms with E-state index in [0.29, 0.717) is 24.2 Å². The fourth-order valence-corrected chi connectivity index (χ4v) is 4.26. The molecule has 1 unspecified atom stereocenters. The van der Waals surface area contributed by atoms with Gasteiger partial charge in [-0.3, -0.25) is 4.79 Å². The molecular weight excluding hydrogens is 387 g/mol. The molecule has 4 rings (SSSR count). The third-order valence-corrected chi connectivity index (χ3v) is 6.21. The van der Waals surface area contributed by atoms with Gasteiger partial charge in [0.25, 0.3) is 5.56 Å². The summed E-state index contributed by atoms with van der Waals surface area (Å²) in [7, 11) is 0. The molecule has 0 radical (unpaired) electrons. The fourth-order valence-electron chi connectivity index (χ4n) is 3.21. The summed E-state index contributed by atoms with van der Waals surface area (Å²) in [5, 5.41) is 0.697. The zero-order chi connectivity index (χ0) is 19.7. The van der Waals surface area contributed by atoms with Crippen molar-refractivity contribution in [3.8, 4) is 0 Å². The number of thioether (sulfide) groups is 1. The minimum Gasteiger partial charge on any atom is -0.381 e. The monoisotopic (exact) mass is 407 g/mol. The summed E-state index contributed by atoms with van der Waals surface area (Å²) in [5.74, 6) is 0.168. The van der Waals surface area contributed by atoms with Gasteiger partial charge in [0.05, 0.1) is 6.61 Å². The predicted molar refractivity (Wildman–Crippen MR) is 103 cm³/mol. The molecule has 0 spiro atoms. The van der Waals surface area contributed by atoms with Gasteiger partial charge < -0.3 is 9.72 Å². The Hall–Kier alpha value is -1.99. The Morgan fingerprint density at radius 3 is 2.43 bits per heavy atom. The lowest BCUT2D eigenvalue weighted by molar-refractivity contribution is -0.138. The molecule has 1 aromatic heterocycles. The zero-order valence-electron chi connectivity index (χ0n) is 15.1. The van der Waals surface area contributed by atoms with Gasteiger partial charge in [-0.2, -0.15) is 13.2 Å². The Balaban J connectivity index is 1.69. The third-order valence-electron chi connectivity index (χ3n) is 4.86. The highest BCUT2D eigenvalue weighted by atomic mass is 32.2. The van der Waals surface area contributed by atoms with E-state index in [1.807, 2.05) is 42.1 Å². The highest BCUT2D eigenvalue weighted by molar-refractivity contribution is 8.00. The van der Waals surface area contributed by atoms with Crippen molar-refractivity contribution in [3.05, 3.63) is 69.6 Å². The average Bonchev–Trinajstić information content (AvgIpc) is 3.31. The van der Waals surface area contributed by atoms with E-state index in [1.54, 1.807) is 0 Å². The molecule has 1 aromatic carbocycles. The zero-order valence-corrected chi connectivity index (χ0v) is 15.9. The van der Waals surface area contributed by atoms with Crippen molar-refractivity contribution in [1.82, 2.24) is 4.98 Å². The first-order valence-corrected chi connectivity index (χ1v) is 10.2. The number of aromatic nitrogens is 1. The quantitative estimate of drug-likeness (QED) is 0.748. The van der Waals surface area contributed by atoms with E-state index in [0.717, 1.165) is 23.6 Å².